The molecule has 0 aromatic heterocycles. The van der Waals surface area contributed by atoms with E-state index in [1.54, 1.807) is 0 Å². The van der Waals surface area contributed by atoms with Crippen molar-refractivity contribution < 1.29 is 34.8 Å². The maximum atomic E-state index is 12.4. The van der Waals surface area contributed by atoms with E-state index < -0.39 is 36.8 Å². The van der Waals surface area contributed by atoms with Crippen LogP contribution in [0.25, 0.3) is 0 Å². The number of ether oxygens (including phenoxy) is 1. The van der Waals surface area contributed by atoms with Crippen molar-refractivity contribution in [2.24, 2.45) is 23.7 Å². The quantitative estimate of drug-likeness (QED) is 0.397. The Morgan fingerprint density at radius 2 is 1.97 bits per heavy atom. The summed E-state index contributed by atoms with van der Waals surface area (Å²) in [4.78, 5) is 23.1. The molecule has 0 aromatic carbocycles. The standard InChI is InChI=1S/C23H36O7/c1-4-13(2)23(29)30-20-11-16(24)10-15-9-8-14(3)17(22(15)20)6-5-7-18(25)19(26)12-21(27)28/h8-10,13-14,16-20,22,24-26H,4-7,11-12H2,1-3H3,(H,27,28)/t13?,14-,16+,17-,18?,19+,20-,22-/m1/s1. The summed E-state index contributed by atoms with van der Waals surface area (Å²) < 4.78 is 5.84. The van der Waals surface area contributed by atoms with Crippen molar-refractivity contribution in [3.05, 3.63) is 23.8 Å². The molecule has 0 saturated carbocycles. The summed E-state index contributed by atoms with van der Waals surface area (Å²) in [6, 6.07) is 0. The number of aliphatic hydroxyl groups is 3. The number of carboxylic acids is 1. The SMILES string of the molecule is CCC(C)C(=O)O[C@@H]1C[C@@H](O)C=C2C=C[C@@H](C)[C@@H](CCCC(O)[C@@H](O)CC(=O)O)[C@@H]21. The largest absolute Gasteiger partial charge is 0.481 e. The van der Waals surface area contributed by atoms with Crippen LogP contribution in [0.5, 0.6) is 0 Å². The molecule has 0 amide bonds. The Morgan fingerprint density at radius 1 is 1.27 bits per heavy atom. The molecule has 30 heavy (non-hydrogen) atoms. The molecule has 2 unspecified atom stereocenters. The van der Waals surface area contributed by atoms with Crippen molar-refractivity contribution in [2.45, 2.75) is 83.7 Å². The number of esters is 1. The number of rotatable bonds is 10. The van der Waals surface area contributed by atoms with Gasteiger partial charge in [0, 0.05) is 12.3 Å². The third-order valence-electron chi connectivity index (χ3n) is 6.52. The zero-order chi connectivity index (χ0) is 22.4. The van der Waals surface area contributed by atoms with Gasteiger partial charge in [0.2, 0.25) is 0 Å². The molecule has 0 bridgehead atoms. The molecule has 170 valence electrons. The van der Waals surface area contributed by atoms with Crippen molar-refractivity contribution in [2.75, 3.05) is 0 Å². The van der Waals surface area contributed by atoms with Gasteiger partial charge in [-0.3, -0.25) is 9.59 Å². The van der Waals surface area contributed by atoms with Crippen LogP contribution in [0.4, 0.5) is 0 Å². The molecule has 0 aromatic rings. The van der Waals surface area contributed by atoms with Gasteiger partial charge in [-0.15, -0.1) is 0 Å². The fraction of sp³-hybridized carbons (Fsp3) is 0.739. The van der Waals surface area contributed by atoms with Crippen LogP contribution in [0.15, 0.2) is 23.8 Å². The summed E-state index contributed by atoms with van der Waals surface area (Å²) in [5.41, 5.74) is 0.977. The molecule has 0 spiro atoms. The highest BCUT2D eigenvalue weighted by atomic mass is 16.5. The van der Waals surface area contributed by atoms with Gasteiger partial charge in [0.25, 0.3) is 0 Å². The molecule has 0 fully saturated rings. The van der Waals surface area contributed by atoms with Gasteiger partial charge in [-0.2, -0.15) is 0 Å². The summed E-state index contributed by atoms with van der Waals surface area (Å²) in [5.74, 6) is -1.22. The highest BCUT2D eigenvalue weighted by Crippen LogP contribution is 2.44. The number of carbonyl (C=O) groups is 2. The van der Waals surface area contributed by atoms with Gasteiger partial charge in [-0.25, -0.2) is 0 Å². The lowest BCUT2D eigenvalue weighted by Gasteiger charge is -2.43. The van der Waals surface area contributed by atoms with E-state index in [-0.39, 0.29) is 29.6 Å². The summed E-state index contributed by atoms with van der Waals surface area (Å²) in [6.45, 7) is 5.88. The Balaban J connectivity index is 2.07. The minimum Gasteiger partial charge on any atom is -0.481 e. The van der Waals surface area contributed by atoms with Gasteiger partial charge in [0.15, 0.2) is 0 Å². The van der Waals surface area contributed by atoms with Crippen LogP contribution in [0.1, 0.15) is 59.3 Å². The Kier molecular flexibility index (Phi) is 9.07. The van der Waals surface area contributed by atoms with Crippen molar-refractivity contribution in [1.29, 1.82) is 0 Å². The number of carbonyl (C=O) groups excluding carboxylic acids is 1. The number of aliphatic carboxylic acids is 1. The average Bonchev–Trinajstić information content (AvgIpc) is 2.68. The third-order valence-corrected chi connectivity index (χ3v) is 6.52. The van der Waals surface area contributed by atoms with E-state index in [4.69, 9.17) is 9.84 Å². The molecule has 7 nitrogen and oxygen atoms in total. The van der Waals surface area contributed by atoms with Gasteiger partial charge < -0.3 is 25.2 Å². The molecule has 7 heteroatoms. The van der Waals surface area contributed by atoms with E-state index in [1.165, 1.54) is 0 Å². The van der Waals surface area contributed by atoms with Crippen LogP contribution in [0, 0.1) is 23.7 Å². The highest BCUT2D eigenvalue weighted by molar-refractivity contribution is 5.72. The van der Waals surface area contributed by atoms with Gasteiger partial charge >= 0.3 is 11.9 Å². The zero-order valence-electron chi connectivity index (χ0n) is 18.1. The van der Waals surface area contributed by atoms with E-state index in [9.17, 15) is 24.9 Å². The fourth-order valence-electron chi connectivity index (χ4n) is 4.49. The summed E-state index contributed by atoms with van der Waals surface area (Å²) in [7, 11) is 0. The molecule has 0 radical (unpaired) electrons. The lowest BCUT2D eigenvalue weighted by atomic mass is 9.66. The van der Waals surface area contributed by atoms with Gasteiger partial charge in [-0.05, 0) is 36.7 Å². The first-order chi connectivity index (χ1) is 14.1. The predicted octanol–water partition coefficient (Wildman–Crippen LogP) is 2.44. The van der Waals surface area contributed by atoms with E-state index in [2.05, 4.69) is 13.0 Å². The van der Waals surface area contributed by atoms with Crippen LogP contribution in [0.2, 0.25) is 0 Å². The summed E-state index contributed by atoms with van der Waals surface area (Å²) >= 11 is 0. The maximum absolute atomic E-state index is 12.4. The lowest BCUT2D eigenvalue weighted by molar-refractivity contribution is -0.159. The normalized spacial score (nSPS) is 31.3. The Bertz CT molecular complexity index is 656. The van der Waals surface area contributed by atoms with Crippen molar-refractivity contribution in [3.8, 4) is 0 Å². The number of allylic oxidation sites excluding steroid dienone is 2. The molecule has 2 rings (SSSR count). The first kappa shape index (κ1) is 24.6. The molecule has 4 N–H and O–H groups in total. The van der Waals surface area contributed by atoms with Crippen LogP contribution < -0.4 is 0 Å². The summed E-state index contributed by atoms with van der Waals surface area (Å²) in [5, 5.41) is 38.8. The minimum absolute atomic E-state index is 0.0255. The second-order valence-electron chi connectivity index (χ2n) is 8.83. The van der Waals surface area contributed by atoms with E-state index in [0.29, 0.717) is 25.7 Å². The lowest BCUT2D eigenvalue weighted by Crippen LogP contribution is -2.43. The molecule has 0 aliphatic heterocycles. The number of carboxylic acid groups (broad SMARTS) is 1. The van der Waals surface area contributed by atoms with Crippen molar-refractivity contribution >= 4 is 11.9 Å². The van der Waals surface area contributed by atoms with E-state index in [1.807, 2.05) is 26.0 Å². The van der Waals surface area contributed by atoms with E-state index >= 15 is 0 Å². The zero-order valence-corrected chi connectivity index (χ0v) is 18.1. The fourth-order valence-corrected chi connectivity index (χ4v) is 4.49. The van der Waals surface area contributed by atoms with E-state index in [0.717, 1.165) is 12.0 Å². The molecule has 0 saturated heterocycles. The topological polar surface area (TPSA) is 124 Å². The monoisotopic (exact) mass is 424 g/mol. The first-order valence-corrected chi connectivity index (χ1v) is 11.0. The second-order valence-corrected chi connectivity index (χ2v) is 8.83. The number of hydrogen-bond donors (Lipinski definition) is 4. The second kappa shape index (κ2) is 11.1. The third kappa shape index (κ3) is 6.40. The van der Waals surface area contributed by atoms with Crippen LogP contribution in [-0.2, 0) is 14.3 Å². The van der Waals surface area contributed by atoms with Crippen LogP contribution >= 0.6 is 0 Å². The number of aliphatic hydroxyl groups excluding tert-OH is 3. The maximum Gasteiger partial charge on any atom is 0.308 e. The number of fused-ring (bicyclic) bond motifs is 1. The Labute approximate surface area is 178 Å². The smallest absolute Gasteiger partial charge is 0.308 e. The molecular formula is C23H36O7. The highest BCUT2D eigenvalue weighted by Gasteiger charge is 2.42. The van der Waals surface area contributed by atoms with Crippen molar-refractivity contribution in [3.63, 3.8) is 0 Å². The van der Waals surface area contributed by atoms with Crippen LogP contribution in [-0.4, -0.2) is 56.8 Å². The van der Waals surface area contributed by atoms with Gasteiger partial charge in [0.05, 0.1) is 30.7 Å². The molecule has 2 aliphatic carbocycles. The Morgan fingerprint density at radius 3 is 2.60 bits per heavy atom. The van der Waals surface area contributed by atoms with Gasteiger partial charge in [0.1, 0.15) is 6.10 Å². The van der Waals surface area contributed by atoms with Crippen LogP contribution in [0.3, 0.4) is 0 Å². The predicted molar refractivity (Wildman–Crippen MR) is 111 cm³/mol. The van der Waals surface area contributed by atoms with Crippen molar-refractivity contribution in [1.82, 2.24) is 0 Å². The summed E-state index contributed by atoms with van der Waals surface area (Å²) in [6.07, 6.45) is 4.73. The average molecular weight is 425 g/mol. The molecule has 0 heterocycles. The molecular weight excluding hydrogens is 388 g/mol. The molecule has 8 atom stereocenters. The molecule has 2 aliphatic rings. The van der Waals surface area contributed by atoms with Gasteiger partial charge in [-0.1, -0.05) is 45.4 Å². The minimum atomic E-state index is -1.28. The first-order valence-electron chi connectivity index (χ1n) is 11.0. The number of hydrogen-bond acceptors (Lipinski definition) is 6. The Hall–Kier alpha value is -1.70.